The standard InChI is InChI=1S/C19H33N7O5/c27-12-14(29)16(31)15(30)13(28)11-20-24-17-21-18(25-7-3-1-4-8-25)23-19(22-17)26-9-5-2-6-10-26/h11,13-16,27-31H,1-10,12H2,(H,21,22,23,24)/b20-11-/t13-,14-,15+,16-/m1/s1. The number of nitrogens with one attached hydrogen (secondary N) is 1. The van der Waals surface area contributed by atoms with E-state index in [4.69, 9.17) is 5.11 Å². The van der Waals surface area contributed by atoms with E-state index in [1.54, 1.807) is 0 Å². The predicted molar refractivity (Wildman–Crippen MR) is 115 cm³/mol. The number of hydrogen-bond acceptors (Lipinski definition) is 12. The van der Waals surface area contributed by atoms with E-state index in [1.807, 2.05) is 0 Å². The molecular weight excluding hydrogens is 406 g/mol. The topological polar surface area (TPSA) is 171 Å². The average Bonchev–Trinajstić information content (AvgIpc) is 2.83. The molecule has 0 amide bonds. The summed E-state index contributed by atoms with van der Waals surface area (Å²) < 4.78 is 0. The average molecular weight is 440 g/mol. The van der Waals surface area contributed by atoms with Crippen LogP contribution < -0.4 is 15.2 Å². The van der Waals surface area contributed by atoms with Gasteiger partial charge < -0.3 is 35.3 Å². The minimum absolute atomic E-state index is 0.213. The number of rotatable bonds is 9. The lowest BCUT2D eigenvalue weighted by molar-refractivity contribution is -0.0999. The lowest BCUT2D eigenvalue weighted by Crippen LogP contribution is -2.46. The minimum Gasteiger partial charge on any atom is -0.394 e. The molecule has 31 heavy (non-hydrogen) atoms. The third kappa shape index (κ3) is 6.43. The first-order valence-corrected chi connectivity index (χ1v) is 10.9. The van der Waals surface area contributed by atoms with E-state index in [-0.39, 0.29) is 5.95 Å². The van der Waals surface area contributed by atoms with Gasteiger partial charge in [-0.15, -0.1) is 0 Å². The molecule has 4 atom stereocenters. The highest BCUT2D eigenvalue weighted by Gasteiger charge is 2.29. The van der Waals surface area contributed by atoms with Crippen molar-refractivity contribution in [1.29, 1.82) is 0 Å². The van der Waals surface area contributed by atoms with Gasteiger partial charge in [0.25, 0.3) is 0 Å². The smallest absolute Gasteiger partial charge is 0.250 e. The molecule has 0 radical (unpaired) electrons. The molecule has 1 aromatic rings. The molecule has 0 aromatic carbocycles. The molecule has 2 fully saturated rings. The van der Waals surface area contributed by atoms with Gasteiger partial charge in [0, 0.05) is 26.2 Å². The normalized spacial score (nSPS) is 21.7. The Balaban J connectivity index is 1.72. The van der Waals surface area contributed by atoms with E-state index in [0.29, 0.717) is 11.9 Å². The van der Waals surface area contributed by atoms with E-state index < -0.39 is 31.0 Å². The molecule has 0 aliphatic carbocycles. The molecule has 12 nitrogen and oxygen atoms in total. The highest BCUT2D eigenvalue weighted by molar-refractivity contribution is 5.64. The van der Waals surface area contributed by atoms with Crippen molar-refractivity contribution >= 4 is 24.1 Å². The van der Waals surface area contributed by atoms with Gasteiger partial charge in [-0.1, -0.05) is 0 Å². The Morgan fingerprint density at radius 1 is 0.806 bits per heavy atom. The van der Waals surface area contributed by atoms with Crippen molar-refractivity contribution in [2.24, 2.45) is 5.10 Å². The van der Waals surface area contributed by atoms with Crippen LogP contribution in [0.15, 0.2) is 5.10 Å². The molecule has 3 heterocycles. The fourth-order valence-corrected chi connectivity index (χ4v) is 3.67. The summed E-state index contributed by atoms with van der Waals surface area (Å²) in [5, 5.41) is 51.6. The maximum Gasteiger partial charge on any atom is 0.250 e. The van der Waals surface area contributed by atoms with Gasteiger partial charge in [0.05, 0.1) is 12.8 Å². The van der Waals surface area contributed by atoms with Crippen molar-refractivity contribution in [2.45, 2.75) is 62.9 Å². The van der Waals surface area contributed by atoms with E-state index in [1.165, 1.54) is 12.8 Å². The van der Waals surface area contributed by atoms with E-state index >= 15 is 0 Å². The molecule has 0 bridgehead atoms. The highest BCUT2D eigenvalue weighted by Crippen LogP contribution is 2.22. The SMILES string of the molecule is OC[C@@H](O)[C@@H](O)[C@@H](O)[C@H](O)/C=N\Nc1nc(N2CCCCC2)nc(N2CCCCC2)n1. The van der Waals surface area contributed by atoms with Crippen molar-refractivity contribution in [3.63, 3.8) is 0 Å². The highest BCUT2D eigenvalue weighted by atomic mass is 16.4. The van der Waals surface area contributed by atoms with Gasteiger partial charge in [-0.2, -0.15) is 20.1 Å². The summed E-state index contributed by atoms with van der Waals surface area (Å²) >= 11 is 0. The number of aliphatic hydroxyl groups excluding tert-OH is 5. The van der Waals surface area contributed by atoms with E-state index in [2.05, 4.69) is 35.3 Å². The summed E-state index contributed by atoms with van der Waals surface area (Å²) in [6.45, 7) is 2.76. The van der Waals surface area contributed by atoms with Gasteiger partial charge in [0.15, 0.2) is 0 Å². The number of nitrogens with zero attached hydrogens (tertiary/aromatic N) is 6. The van der Waals surface area contributed by atoms with Gasteiger partial charge in [0.1, 0.15) is 24.4 Å². The maximum absolute atomic E-state index is 9.97. The summed E-state index contributed by atoms with van der Waals surface area (Å²) in [5.41, 5.74) is 2.66. The van der Waals surface area contributed by atoms with E-state index in [0.717, 1.165) is 58.1 Å². The third-order valence-corrected chi connectivity index (χ3v) is 5.56. The Morgan fingerprint density at radius 3 is 1.81 bits per heavy atom. The van der Waals surface area contributed by atoms with Gasteiger partial charge in [-0.05, 0) is 38.5 Å². The van der Waals surface area contributed by atoms with Crippen LogP contribution in [0.25, 0.3) is 0 Å². The fraction of sp³-hybridized carbons (Fsp3) is 0.789. The predicted octanol–water partition coefficient (Wildman–Crippen LogP) is -1.31. The first-order chi connectivity index (χ1) is 15.0. The molecule has 0 unspecified atom stereocenters. The van der Waals surface area contributed by atoms with Crippen LogP contribution in [0.4, 0.5) is 17.8 Å². The zero-order valence-electron chi connectivity index (χ0n) is 17.6. The van der Waals surface area contributed by atoms with Crippen molar-refractivity contribution in [3.8, 4) is 0 Å². The third-order valence-electron chi connectivity index (χ3n) is 5.56. The van der Waals surface area contributed by atoms with Crippen LogP contribution >= 0.6 is 0 Å². The largest absolute Gasteiger partial charge is 0.394 e. The van der Waals surface area contributed by atoms with Crippen LogP contribution in [0.3, 0.4) is 0 Å². The second-order valence-electron chi connectivity index (χ2n) is 7.97. The summed E-state index contributed by atoms with van der Waals surface area (Å²) in [6.07, 6.45) is 1.08. The Hall–Kier alpha value is -2.12. The molecule has 1 aromatic heterocycles. The van der Waals surface area contributed by atoms with Gasteiger partial charge in [0.2, 0.25) is 17.8 Å². The van der Waals surface area contributed by atoms with Crippen LogP contribution in [0.1, 0.15) is 38.5 Å². The van der Waals surface area contributed by atoms with Crippen LogP contribution in [0, 0.1) is 0 Å². The van der Waals surface area contributed by atoms with Crippen LogP contribution in [-0.4, -0.2) is 104 Å². The molecule has 0 spiro atoms. The summed E-state index contributed by atoms with van der Waals surface area (Å²) in [7, 11) is 0. The molecule has 2 aliphatic heterocycles. The summed E-state index contributed by atoms with van der Waals surface area (Å²) in [5.74, 6) is 1.37. The lowest BCUT2D eigenvalue weighted by Gasteiger charge is -2.30. The van der Waals surface area contributed by atoms with Crippen molar-refractivity contribution in [1.82, 2.24) is 15.0 Å². The minimum atomic E-state index is -1.72. The molecule has 2 aliphatic rings. The Kier molecular flexibility index (Phi) is 8.72. The second-order valence-corrected chi connectivity index (χ2v) is 7.97. The van der Waals surface area contributed by atoms with Crippen LogP contribution in [-0.2, 0) is 0 Å². The number of aliphatic hydroxyl groups is 5. The number of piperidine rings is 2. The van der Waals surface area contributed by atoms with Crippen molar-refractivity contribution in [2.75, 3.05) is 48.0 Å². The molecule has 6 N–H and O–H groups in total. The summed E-state index contributed by atoms with van der Waals surface area (Å²) in [6, 6.07) is 0. The van der Waals surface area contributed by atoms with Gasteiger partial charge in [-0.3, -0.25) is 0 Å². The zero-order valence-corrected chi connectivity index (χ0v) is 17.6. The van der Waals surface area contributed by atoms with Gasteiger partial charge >= 0.3 is 0 Å². The molecule has 2 saturated heterocycles. The van der Waals surface area contributed by atoms with Crippen LogP contribution in [0.2, 0.25) is 0 Å². The lowest BCUT2D eigenvalue weighted by atomic mass is 10.0. The van der Waals surface area contributed by atoms with Crippen molar-refractivity contribution < 1.29 is 25.5 Å². The van der Waals surface area contributed by atoms with Gasteiger partial charge in [-0.25, -0.2) is 5.43 Å². The van der Waals surface area contributed by atoms with Crippen LogP contribution in [0.5, 0.6) is 0 Å². The Labute approximate surface area is 181 Å². The zero-order chi connectivity index (χ0) is 22.2. The Bertz CT molecular complexity index is 677. The first-order valence-electron chi connectivity index (χ1n) is 10.9. The second kappa shape index (κ2) is 11.5. The number of aromatic nitrogens is 3. The molecule has 0 saturated carbocycles. The Morgan fingerprint density at radius 2 is 1.32 bits per heavy atom. The molecule has 12 heteroatoms. The molecule has 3 rings (SSSR count). The number of anilines is 3. The van der Waals surface area contributed by atoms with Crippen molar-refractivity contribution in [3.05, 3.63) is 0 Å². The first kappa shape index (κ1) is 23.5. The molecular formula is C19H33N7O5. The monoisotopic (exact) mass is 439 g/mol. The van der Waals surface area contributed by atoms with E-state index in [9.17, 15) is 20.4 Å². The quantitative estimate of drug-likeness (QED) is 0.199. The molecule has 174 valence electrons. The summed E-state index contributed by atoms with van der Waals surface area (Å²) in [4.78, 5) is 17.8. The fourth-order valence-electron chi connectivity index (χ4n) is 3.67. The maximum atomic E-state index is 9.97. The number of hydrazone groups is 1. The number of hydrogen-bond donors (Lipinski definition) is 6.